The number of aromatic nitrogens is 1. The van der Waals surface area contributed by atoms with Gasteiger partial charge in [-0.15, -0.1) is 0 Å². The molecule has 0 saturated carbocycles. The van der Waals surface area contributed by atoms with E-state index in [0.717, 1.165) is 21.2 Å². The molecule has 0 saturated heterocycles. The molecule has 0 N–H and O–H groups in total. The molecule has 1 aromatic heterocycles. The van der Waals surface area contributed by atoms with Crippen molar-refractivity contribution in [2.24, 2.45) is 7.05 Å². The van der Waals surface area contributed by atoms with Crippen molar-refractivity contribution in [2.75, 3.05) is 11.9 Å². The van der Waals surface area contributed by atoms with Crippen LogP contribution in [0.5, 0.6) is 0 Å². The highest BCUT2D eigenvalue weighted by Crippen LogP contribution is 2.46. The quantitative estimate of drug-likeness (QED) is 0.519. The standard InChI is InChI=1S/C19H15Cl2N2S/c1-22-8-7-12(15-5-3-13(20)10-16(15)22)9-19-23(2)17-11-14(21)4-6-18(17)24-19/h3-11H,1-2H3/q+1. The third-order valence-electron chi connectivity index (χ3n) is 4.23. The van der Waals surface area contributed by atoms with E-state index in [1.807, 2.05) is 31.3 Å². The Morgan fingerprint density at radius 2 is 1.79 bits per heavy atom. The lowest BCUT2D eigenvalue weighted by Crippen LogP contribution is -2.28. The van der Waals surface area contributed by atoms with E-state index in [9.17, 15) is 0 Å². The zero-order valence-corrected chi connectivity index (χ0v) is 15.6. The normalized spacial score (nSPS) is 15.3. The number of nitrogens with zero attached hydrogens (tertiary/aromatic N) is 2. The number of fused-ring (bicyclic) bond motifs is 2. The third-order valence-corrected chi connectivity index (χ3v) is 5.87. The van der Waals surface area contributed by atoms with Gasteiger partial charge in [0.25, 0.3) is 0 Å². The minimum atomic E-state index is 0.748. The molecule has 0 atom stereocenters. The second-order valence-corrected chi connectivity index (χ2v) is 7.73. The van der Waals surface area contributed by atoms with Crippen molar-refractivity contribution in [1.82, 2.24) is 0 Å². The molecule has 0 radical (unpaired) electrons. The van der Waals surface area contributed by atoms with Gasteiger partial charge < -0.3 is 4.90 Å². The van der Waals surface area contributed by atoms with Gasteiger partial charge in [0.2, 0.25) is 5.52 Å². The number of aryl methyl sites for hydroxylation is 1. The highest BCUT2D eigenvalue weighted by atomic mass is 35.5. The van der Waals surface area contributed by atoms with Crippen LogP contribution < -0.4 is 9.47 Å². The maximum atomic E-state index is 6.16. The van der Waals surface area contributed by atoms with Crippen molar-refractivity contribution in [3.8, 4) is 0 Å². The Labute approximate surface area is 155 Å². The number of hydrogen-bond donors (Lipinski definition) is 0. The van der Waals surface area contributed by atoms with Gasteiger partial charge in [-0.2, -0.15) is 0 Å². The first kappa shape index (κ1) is 15.8. The van der Waals surface area contributed by atoms with Gasteiger partial charge in [-0.3, -0.25) is 0 Å². The summed E-state index contributed by atoms with van der Waals surface area (Å²) in [4.78, 5) is 3.41. The molecule has 1 aliphatic heterocycles. The molecule has 0 spiro atoms. The predicted octanol–water partition coefficient (Wildman–Crippen LogP) is 5.51. The minimum absolute atomic E-state index is 0.748. The van der Waals surface area contributed by atoms with E-state index in [0.29, 0.717) is 0 Å². The van der Waals surface area contributed by atoms with Crippen LogP contribution >= 0.6 is 35.0 Å². The zero-order chi connectivity index (χ0) is 16.8. The Morgan fingerprint density at radius 1 is 1.04 bits per heavy atom. The van der Waals surface area contributed by atoms with E-state index in [1.54, 1.807) is 11.8 Å². The summed E-state index contributed by atoms with van der Waals surface area (Å²) in [5, 5.41) is 3.86. The van der Waals surface area contributed by atoms with Crippen molar-refractivity contribution in [3.63, 3.8) is 0 Å². The molecule has 2 heterocycles. The number of halogens is 2. The molecular formula is C19H15Cl2N2S+. The summed E-state index contributed by atoms with van der Waals surface area (Å²) in [5.74, 6) is 0. The first-order chi connectivity index (χ1) is 11.5. The molecule has 2 aromatic carbocycles. The van der Waals surface area contributed by atoms with Crippen LogP contribution in [0, 0.1) is 0 Å². The topological polar surface area (TPSA) is 7.12 Å². The van der Waals surface area contributed by atoms with Gasteiger partial charge in [-0.05, 0) is 42.0 Å². The molecule has 120 valence electrons. The van der Waals surface area contributed by atoms with Gasteiger partial charge in [-0.25, -0.2) is 4.57 Å². The van der Waals surface area contributed by atoms with E-state index in [-0.39, 0.29) is 0 Å². The summed E-state index contributed by atoms with van der Waals surface area (Å²) in [7, 11) is 4.10. The number of rotatable bonds is 1. The lowest BCUT2D eigenvalue weighted by molar-refractivity contribution is -0.644. The molecule has 0 unspecified atom stereocenters. The number of thioether (sulfide) groups is 1. The van der Waals surface area contributed by atoms with E-state index in [2.05, 4.69) is 47.0 Å². The zero-order valence-electron chi connectivity index (χ0n) is 13.3. The Balaban J connectivity index is 1.83. The molecule has 2 nitrogen and oxygen atoms in total. The van der Waals surface area contributed by atoms with E-state index in [4.69, 9.17) is 23.2 Å². The molecule has 24 heavy (non-hydrogen) atoms. The highest BCUT2D eigenvalue weighted by molar-refractivity contribution is 8.03. The summed E-state index contributed by atoms with van der Waals surface area (Å²) in [6, 6.07) is 14.2. The molecule has 0 aliphatic carbocycles. The van der Waals surface area contributed by atoms with Crippen LogP contribution in [0.25, 0.3) is 17.0 Å². The van der Waals surface area contributed by atoms with Crippen molar-refractivity contribution < 1.29 is 4.57 Å². The van der Waals surface area contributed by atoms with Crippen LogP contribution in [0.3, 0.4) is 0 Å². The van der Waals surface area contributed by atoms with Crippen molar-refractivity contribution in [2.45, 2.75) is 4.90 Å². The molecule has 3 aromatic rings. The molecule has 0 bridgehead atoms. The SMILES string of the molecule is CN1/C(=C/c2cc[n+](C)c3cc(Cl)ccc23)Sc2ccc(Cl)cc21. The number of hydrogen-bond acceptors (Lipinski definition) is 2. The van der Waals surface area contributed by atoms with Crippen LogP contribution in [0.4, 0.5) is 5.69 Å². The van der Waals surface area contributed by atoms with Crippen LogP contribution in [0.15, 0.2) is 58.6 Å². The maximum absolute atomic E-state index is 6.16. The van der Waals surface area contributed by atoms with E-state index < -0.39 is 0 Å². The monoisotopic (exact) mass is 373 g/mol. The molecule has 4 rings (SSSR count). The largest absolute Gasteiger partial charge is 0.338 e. The summed E-state index contributed by atoms with van der Waals surface area (Å²) >= 11 is 14.1. The van der Waals surface area contributed by atoms with E-state index >= 15 is 0 Å². The van der Waals surface area contributed by atoms with Gasteiger partial charge in [0.05, 0.1) is 16.1 Å². The lowest BCUT2D eigenvalue weighted by atomic mass is 10.1. The first-order valence-electron chi connectivity index (χ1n) is 7.54. The van der Waals surface area contributed by atoms with Gasteiger partial charge >= 0.3 is 0 Å². The third kappa shape index (κ3) is 2.67. The number of pyridine rings is 1. The fourth-order valence-corrected chi connectivity index (χ4v) is 4.34. The van der Waals surface area contributed by atoms with Gasteiger partial charge in [-0.1, -0.05) is 35.0 Å². The predicted molar refractivity (Wildman–Crippen MR) is 104 cm³/mol. The lowest BCUT2D eigenvalue weighted by Gasteiger charge is -2.14. The molecular weight excluding hydrogens is 359 g/mol. The minimum Gasteiger partial charge on any atom is -0.338 e. The van der Waals surface area contributed by atoms with Crippen LogP contribution in [0.2, 0.25) is 10.0 Å². The highest BCUT2D eigenvalue weighted by Gasteiger charge is 2.22. The van der Waals surface area contributed by atoms with Crippen LogP contribution in [-0.4, -0.2) is 7.05 Å². The average Bonchev–Trinajstić information content (AvgIpc) is 2.86. The summed E-state index contributed by atoms with van der Waals surface area (Å²) in [6.45, 7) is 0. The fraction of sp³-hybridized carbons (Fsp3) is 0.105. The maximum Gasteiger partial charge on any atom is 0.214 e. The second kappa shape index (κ2) is 5.99. The smallest absolute Gasteiger partial charge is 0.214 e. The summed E-state index contributed by atoms with van der Waals surface area (Å²) in [5.41, 5.74) is 3.43. The van der Waals surface area contributed by atoms with Crippen LogP contribution in [0.1, 0.15) is 5.56 Å². The molecule has 0 fully saturated rings. The Morgan fingerprint density at radius 3 is 2.62 bits per heavy atom. The average molecular weight is 374 g/mol. The Bertz CT molecular complexity index is 998. The number of anilines is 1. The van der Waals surface area contributed by atoms with E-state index in [1.165, 1.54) is 20.9 Å². The Kier molecular flexibility index (Phi) is 3.95. The Hall–Kier alpha value is -1.68. The van der Waals surface area contributed by atoms with Crippen molar-refractivity contribution in [3.05, 3.63) is 69.3 Å². The second-order valence-electron chi connectivity index (χ2n) is 5.80. The molecule has 0 amide bonds. The van der Waals surface area contributed by atoms with Crippen molar-refractivity contribution in [1.29, 1.82) is 0 Å². The van der Waals surface area contributed by atoms with Gasteiger partial charge in [0, 0.05) is 34.1 Å². The van der Waals surface area contributed by atoms with Crippen LogP contribution in [-0.2, 0) is 7.05 Å². The summed E-state index contributed by atoms with van der Waals surface area (Å²) in [6.07, 6.45) is 4.28. The first-order valence-corrected chi connectivity index (χ1v) is 9.11. The van der Waals surface area contributed by atoms with Gasteiger partial charge in [0.1, 0.15) is 7.05 Å². The van der Waals surface area contributed by atoms with Gasteiger partial charge in [0.15, 0.2) is 6.20 Å². The van der Waals surface area contributed by atoms with Crippen molar-refractivity contribution >= 4 is 57.6 Å². The molecule has 5 heteroatoms. The number of benzene rings is 2. The molecule has 1 aliphatic rings. The fourth-order valence-electron chi connectivity index (χ4n) is 2.93. The summed E-state index contributed by atoms with van der Waals surface area (Å²) < 4.78 is 2.09.